The number of rotatable bonds is 4. The second-order valence-electron chi connectivity index (χ2n) is 2.74. The first-order chi connectivity index (χ1) is 6.22. The van der Waals surface area contributed by atoms with E-state index >= 15 is 0 Å². The first-order valence-corrected chi connectivity index (χ1v) is 6.23. The highest BCUT2D eigenvalue weighted by Gasteiger charge is 2.10. The van der Waals surface area contributed by atoms with Gasteiger partial charge in [-0.2, -0.15) is 0 Å². The smallest absolute Gasteiger partial charge is 0.186 e. The van der Waals surface area contributed by atoms with E-state index in [9.17, 15) is 0 Å². The summed E-state index contributed by atoms with van der Waals surface area (Å²) in [6.07, 6.45) is 1.06. The molecule has 0 aliphatic heterocycles. The van der Waals surface area contributed by atoms with Gasteiger partial charge in [0.2, 0.25) is 0 Å². The maximum absolute atomic E-state index is 4.48. The van der Waals surface area contributed by atoms with Crippen molar-refractivity contribution in [2.45, 2.75) is 27.2 Å². The molecule has 1 aromatic rings. The summed E-state index contributed by atoms with van der Waals surface area (Å²) < 4.78 is 1.02. The summed E-state index contributed by atoms with van der Waals surface area (Å²) in [7, 11) is 0. The maximum atomic E-state index is 4.48. The van der Waals surface area contributed by atoms with Crippen molar-refractivity contribution < 1.29 is 0 Å². The summed E-state index contributed by atoms with van der Waals surface area (Å²) in [5, 5.41) is 1.13. The molecule has 2 nitrogen and oxygen atoms in total. The Balaban J connectivity index is 2.88. The molecule has 0 bridgehead atoms. The molecule has 0 radical (unpaired) electrons. The summed E-state index contributed by atoms with van der Waals surface area (Å²) in [6.45, 7) is 8.53. The molecule has 0 aliphatic carbocycles. The minimum Gasteiger partial charge on any atom is -0.349 e. The highest BCUT2D eigenvalue weighted by atomic mass is 79.9. The summed E-state index contributed by atoms with van der Waals surface area (Å²) in [5.74, 6) is 0. The topological polar surface area (TPSA) is 16.1 Å². The van der Waals surface area contributed by atoms with Gasteiger partial charge in [0.1, 0.15) is 4.60 Å². The molecule has 0 saturated heterocycles. The Kier molecular flexibility index (Phi) is 4.19. The highest BCUT2D eigenvalue weighted by molar-refractivity contribution is 9.10. The molecule has 0 aromatic carbocycles. The van der Waals surface area contributed by atoms with Crippen molar-refractivity contribution in [1.82, 2.24) is 4.98 Å². The van der Waals surface area contributed by atoms with Crippen molar-refractivity contribution in [3.05, 3.63) is 9.48 Å². The molecule has 0 amide bonds. The van der Waals surface area contributed by atoms with E-state index in [4.69, 9.17) is 0 Å². The quantitative estimate of drug-likeness (QED) is 0.828. The number of aromatic nitrogens is 1. The maximum Gasteiger partial charge on any atom is 0.186 e. The van der Waals surface area contributed by atoms with E-state index in [-0.39, 0.29) is 0 Å². The Labute approximate surface area is 92.1 Å². The van der Waals surface area contributed by atoms with Crippen LogP contribution in [0, 0.1) is 0 Å². The predicted molar refractivity (Wildman–Crippen MR) is 62.8 cm³/mol. The molecule has 0 unspecified atom stereocenters. The van der Waals surface area contributed by atoms with E-state index in [2.05, 4.69) is 46.6 Å². The Bertz CT molecular complexity index is 269. The number of aryl methyl sites for hydroxylation is 1. The van der Waals surface area contributed by atoms with Gasteiger partial charge in [0.25, 0.3) is 0 Å². The van der Waals surface area contributed by atoms with E-state index in [0.29, 0.717) is 0 Å². The molecule has 0 spiro atoms. The summed E-state index contributed by atoms with van der Waals surface area (Å²) >= 11 is 5.26. The van der Waals surface area contributed by atoms with Crippen LogP contribution in [0.2, 0.25) is 0 Å². The highest BCUT2D eigenvalue weighted by Crippen LogP contribution is 2.29. The van der Waals surface area contributed by atoms with Crippen LogP contribution in [0.3, 0.4) is 0 Å². The second kappa shape index (κ2) is 4.96. The lowest BCUT2D eigenvalue weighted by Crippen LogP contribution is -2.21. The molecule has 4 heteroatoms. The number of nitrogens with zero attached hydrogens (tertiary/aromatic N) is 2. The van der Waals surface area contributed by atoms with Gasteiger partial charge < -0.3 is 4.90 Å². The molecule has 1 rings (SSSR count). The minimum atomic E-state index is 1.02. The van der Waals surface area contributed by atoms with E-state index in [1.807, 2.05) is 0 Å². The third kappa shape index (κ3) is 2.44. The largest absolute Gasteiger partial charge is 0.349 e. The normalized spacial score (nSPS) is 10.5. The number of thiazole rings is 1. The summed E-state index contributed by atoms with van der Waals surface area (Å²) in [6, 6.07) is 0. The van der Waals surface area contributed by atoms with E-state index in [0.717, 1.165) is 29.2 Å². The molecule has 13 heavy (non-hydrogen) atoms. The zero-order valence-electron chi connectivity index (χ0n) is 8.30. The molecule has 0 atom stereocenters. The molecule has 0 N–H and O–H groups in total. The van der Waals surface area contributed by atoms with Crippen LogP contribution in [-0.2, 0) is 6.42 Å². The Morgan fingerprint density at radius 1 is 1.31 bits per heavy atom. The number of halogens is 1. The first-order valence-electron chi connectivity index (χ1n) is 4.63. The summed E-state index contributed by atoms with van der Waals surface area (Å²) in [5.41, 5.74) is 0. The molecule has 74 valence electrons. The lowest BCUT2D eigenvalue weighted by molar-refractivity contribution is 0.858. The van der Waals surface area contributed by atoms with Gasteiger partial charge in [-0.3, -0.25) is 0 Å². The van der Waals surface area contributed by atoms with Crippen molar-refractivity contribution in [1.29, 1.82) is 0 Å². The molecule has 0 fully saturated rings. The third-order valence-electron chi connectivity index (χ3n) is 1.99. The van der Waals surface area contributed by atoms with Crippen molar-refractivity contribution in [3.8, 4) is 0 Å². The summed E-state index contributed by atoms with van der Waals surface area (Å²) in [4.78, 5) is 8.09. The minimum absolute atomic E-state index is 1.02. The average molecular weight is 263 g/mol. The van der Waals surface area contributed by atoms with Crippen LogP contribution in [0.25, 0.3) is 0 Å². The average Bonchev–Trinajstić information content (AvgIpc) is 2.49. The van der Waals surface area contributed by atoms with Crippen LogP contribution < -0.4 is 4.90 Å². The van der Waals surface area contributed by atoms with Crippen LogP contribution in [-0.4, -0.2) is 18.1 Å². The molecular weight excluding hydrogens is 248 g/mol. The monoisotopic (exact) mass is 262 g/mol. The molecule has 1 aromatic heterocycles. The van der Waals surface area contributed by atoms with Gasteiger partial charge in [0.15, 0.2) is 5.13 Å². The Morgan fingerprint density at radius 3 is 2.31 bits per heavy atom. The number of anilines is 1. The van der Waals surface area contributed by atoms with Crippen LogP contribution in [0.15, 0.2) is 4.60 Å². The van der Waals surface area contributed by atoms with Gasteiger partial charge in [-0.05, 0) is 36.2 Å². The van der Waals surface area contributed by atoms with Gasteiger partial charge >= 0.3 is 0 Å². The Morgan fingerprint density at radius 2 is 1.92 bits per heavy atom. The van der Waals surface area contributed by atoms with Gasteiger partial charge in [0.05, 0.1) is 0 Å². The zero-order valence-corrected chi connectivity index (χ0v) is 10.7. The van der Waals surface area contributed by atoms with E-state index < -0.39 is 0 Å². The van der Waals surface area contributed by atoms with Crippen LogP contribution in [0.1, 0.15) is 25.6 Å². The standard InChI is InChI=1S/C9H15BrN2S/c1-4-7-8(10)11-9(13-7)12(5-2)6-3/h4-6H2,1-3H3. The fourth-order valence-corrected chi connectivity index (χ4v) is 3.00. The van der Waals surface area contributed by atoms with E-state index in [1.165, 1.54) is 4.88 Å². The predicted octanol–water partition coefficient (Wildman–Crippen LogP) is 3.31. The fraction of sp³-hybridized carbons (Fsp3) is 0.667. The first kappa shape index (κ1) is 11.0. The van der Waals surface area contributed by atoms with Gasteiger partial charge in [-0.15, -0.1) is 11.3 Å². The van der Waals surface area contributed by atoms with Gasteiger partial charge in [-0.25, -0.2) is 4.98 Å². The zero-order chi connectivity index (χ0) is 9.84. The van der Waals surface area contributed by atoms with Gasteiger partial charge in [0, 0.05) is 18.0 Å². The van der Waals surface area contributed by atoms with Crippen molar-refractivity contribution in [3.63, 3.8) is 0 Å². The van der Waals surface area contributed by atoms with E-state index in [1.54, 1.807) is 11.3 Å². The third-order valence-corrected chi connectivity index (χ3v) is 4.17. The van der Waals surface area contributed by atoms with Crippen molar-refractivity contribution in [2.75, 3.05) is 18.0 Å². The lowest BCUT2D eigenvalue weighted by atomic mass is 10.4. The number of hydrogen-bond acceptors (Lipinski definition) is 3. The molecular formula is C9H15BrN2S. The second-order valence-corrected chi connectivity index (χ2v) is 4.55. The van der Waals surface area contributed by atoms with Gasteiger partial charge in [-0.1, -0.05) is 6.92 Å². The van der Waals surface area contributed by atoms with Crippen molar-refractivity contribution in [2.24, 2.45) is 0 Å². The van der Waals surface area contributed by atoms with Crippen LogP contribution in [0.5, 0.6) is 0 Å². The number of hydrogen-bond donors (Lipinski definition) is 0. The van der Waals surface area contributed by atoms with Crippen LogP contribution >= 0.6 is 27.3 Å². The van der Waals surface area contributed by atoms with Crippen molar-refractivity contribution >= 4 is 32.4 Å². The molecule has 0 aliphatic rings. The SMILES string of the molecule is CCc1sc(N(CC)CC)nc1Br. The molecule has 1 heterocycles. The molecule has 0 saturated carbocycles. The lowest BCUT2D eigenvalue weighted by Gasteiger charge is -2.16. The fourth-order valence-electron chi connectivity index (χ4n) is 1.17. The Hall–Kier alpha value is -0.0900. The van der Waals surface area contributed by atoms with Crippen LogP contribution in [0.4, 0.5) is 5.13 Å².